The maximum atomic E-state index is 11.6. The number of para-hydroxylation sites is 2. The zero-order valence-corrected chi connectivity index (χ0v) is 11.1. The Kier molecular flexibility index (Phi) is 6.70. The molecule has 0 radical (unpaired) electrons. The van der Waals surface area contributed by atoms with Crippen LogP contribution < -0.4 is 14.8 Å². The fraction of sp³-hybridized carbons (Fsp3) is 0.462. The zero-order valence-electron chi connectivity index (χ0n) is 11.1. The molecule has 2 N–H and O–H groups in total. The first kappa shape index (κ1) is 15.3. The summed E-state index contributed by atoms with van der Waals surface area (Å²) in [4.78, 5) is 11.6. The van der Waals surface area contributed by atoms with Crippen molar-refractivity contribution in [2.75, 3.05) is 34.0 Å². The molecule has 1 unspecified atom stereocenters. The maximum absolute atomic E-state index is 11.6. The Balaban J connectivity index is 2.45. The van der Waals surface area contributed by atoms with Crippen LogP contribution in [0.1, 0.15) is 0 Å². The Morgan fingerprint density at radius 3 is 2.58 bits per heavy atom. The monoisotopic (exact) mass is 269 g/mol. The van der Waals surface area contributed by atoms with E-state index in [-0.39, 0.29) is 25.7 Å². The molecule has 0 saturated carbocycles. The van der Waals surface area contributed by atoms with Crippen molar-refractivity contribution in [3.05, 3.63) is 24.3 Å². The molecule has 0 heterocycles. The molecule has 1 rings (SSSR count). The standard InChI is InChI=1S/C13H19NO5/c1-17-8-10(7-15)14-13(16)9-19-12-6-4-3-5-11(12)18-2/h3-6,10,15H,7-9H2,1-2H3,(H,14,16). The number of hydrogen-bond donors (Lipinski definition) is 2. The lowest BCUT2D eigenvalue weighted by atomic mass is 10.3. The molecule has 0 aliphatic carbocycles. The highest BCUT2D eigenvalue weighted by molar-refractivity contribution is 5.78. The van der Waals surface area contributed by atoms with Gasteiger partial charge in [-0.25, -0.2) is 0 Å². The van der Waals surface area contributed by atoms with E-state index in [0.29, 0.717) is 11.5 Å². The molecule has 1 amide bonds. The highest BCUT2D eigenvalue weighted by atomic mass is 16.5. The van der Waals surface area contributed by atoms with E-state index >= 15 is 0 Å². The van der Waals surface area contributed by atoms with Crippen molar-refractivity contribution in [3.8, 4) is 11.5 Å². The van der Waals surface area contributed by atoms with Crippen LogP contribution in [0.4, 0.5) is 0 Å². The topological polar surface area (TPSA) is 77.0 Å². The minimum atomic E-state index is -0.432. The lowest BCUT2D eigenvalue weighted by molar-refractivity contribution is -0.124. The number of rotatable bonds is 8. The van der Waals surface area contributed by atoms with Gasteiger partial charge in [0, 0.05) is 7.11 Å². The molecule has 6 nitrogen and oxygen atoms in total. The van der Waals surface area contributed by atoms with Crippen LogP contribution in [0.2, 0.25) is 0 Å². The second-order valence-corrected chi connectivity index (χ2v) is 3.84. The third-order valence-corrected chi connectivity index (χ3v) is 2.38. The molecule has 1 atom stereocenters. The molecule has 1 aromatic rings. The normalized spacial score (nSPS) is 11.7. The zero-order chi connectivity index (χ0) is 14.1. The Bertz CT molecular complexity index is 396. The highest BCUT2D eigenvalue weighted by Crippen LogP contribution is 2.25. The van der Waals surface area contributed by atoms with Gasteiger partial charge in [-0.1, -0.05) is 12.1 Å². The van der Waals surface area contributed by atoms with Crippen molar-refractivity contribution in [2.45, 2.75) is 6.04 Å². The maximum Gasteiger partial charge on any atom is 0.258 e. The van der Waals surface area contributed by atoms with Gasteiger partial charge in [0.25, 0.3) is 5.91 Å². The molecule has 19 heavy (non-hydrogen) atoms. The van der Waals surface area contributed by atoms with Gasteiger partial charge in [0.05, 0.1) is 26.4 Å². The minimum absolute atomic E-state index is 0.152. The first-order chi connectivity index (χ1) is 9.21. The highest BCUT2D eigenvalue weighted by Gasteiger charge is 2.12. The van der Waals surface area contributed by atoms with Crippen LogP contribution in [0.15, 0.2) is 24.3 Å². The van der Waals surface area contributed by atoms with Crippen molar-refractivity contribution < 1.29 is 24.1 Å². The molecule has 106 valence electrons. The Morgan fingerprint density at radius 1 is 1.32 bits per heavy atom. The van der Waals surface area contributed by atoms with E-state index in [0.717, 1.165) is 0 Å². The van der Waals surface area contributed by atoms with Crippen LogP contribution in [0.3, 0.4) is 0 Å². The third kappa shape index (κ3) is 5.15. The van der Waals surface area contributed by atoms with Crippen molar-refractivity contribution in [2.24, 2.45) is 0 Å². The summed E-state index contributed by atoms with van der Waals surface area (Å²) in [6, 6.07) is 6.63. The molecule has 0 bridgehead atoms. The average molecular weight is 269 g/mol. The summed E-state index contributed by atoms with van der Waals surface area (Å²) in [5.41, 5.74) is 0. The predicted molar refractivity (Wildman–Crippen MR) is 69.4 cm³/mol. The molecule has 0 fully saturated rings. The lowest BCUT2D eigenvalue weighted by Gasteiger charge is -2.16. The van der Waals surface area contributed by atoms with Gasteiger partial charge >= 0.3 is 0 Å². The smallest absolute Gasteiger partial charge is 0.258 e. The van der Waals surface area contributed by atoms with E-state index in [1.807, 2.05) is 6.07 Å². The summed E-state index contributed by atoms with van der Waals surface area (Å²) in [6.07, 6.45) is 0. The quantitative estimate of drug-likeness (QED) is 0.705. The average Bonchev–Trinajstić information content (AvgIpc) is 2.44. The van der Waals surface area contributed by atoms with Crippen LogP contribution in [-0.2, 0) is 9.53 Å². The summed E-state index contributed by atoms with van der Waals surface area (Å²) in [5, 5.41) is 11.6. The number of methoxy groups -OCH3 is 2. The van der Waals surface area contributed by atoms with Gasteiger partial charge in [-0.15, -0.1) is 0 Å². The van der Waals surface area contributed by atoms with E-state index in [1.54, 1.807) is 18.2 Å². The predicted octanol–water partition coefficient (Wildman–Crippen LogP) is 0.197. The van der Waals surface area contributed by atoms with E-state index in [4.69, 9.17) is 19.3 Å². The minimum Gasteiger partial charge on any atom is -0.493 e. The van der Waals surface area contributed by atoms with Gasteiger partial charge in [-0.2, -0.15) is 0 Å². The van der Waals surface area contributed by atoms with Crippen molar-refractivity contribution >= 4 is 5.91 Å². The number of carbonyl (C=O) groups excluding carboxylic acids is 1. The van der Waals surface area contributed by atoms with Crippen LogP contribution in [-0.4, -0.2) is 51.1 Å². The molecule has 0 aromatic heterocycles. The van der Waals surface area contributed by atoms with E-state index in [9.17, 15) is 4.79 Å². The molecule has 0 aliphatic heterocycles. The number of nitrogens with one attached hydrogen (secondary N) is 1. The van der Waals surface area contributed by atoms with Gasteiger partial charge in [0.15, 0.2) is 18.1 Å². The van der Waals surface area contributed by atoms with Gasteiger partial charge in [-0.05, 0) is 12.1 Å². The molecule has 0 saturated heterocycles. The molecule has 1 aromatic carbocycles. The van der Waals surface area contributed by atoms with E-state index in [1.165, 1.54) is 14.2 Å². The van der Waals surface area contributed by atoms with Gasteiger partial charge in [0.2, 0.25) is 0 Å². The second-order valence-electron chi connectivity index (χ2n) is 3.84. The Morgan fingerprint density at radius 2 is 2.00 bits per heavy atom. The molecular formula is C13H19NO5. The molecule has 0 spiro atoms. The first-order valence-corrected chi connectivity index (χ1v) is 5.86. The van der Waals surface area contributed by atoms with Crippen LogP contribution in [0.5, 0.6) is 11.5 Å². The van der Waals surface area contributed by atoms with E-state index in [2.05, 4.69) is 5.32 Å². The second kappa shape index (κ2) is 8.34. The fourth-order valence-electron chi connectivity index (χ4n) is 1.49. The largest absolute Gasteiger partial charge is 0.493 e. The van der Waals surface area contributed by atoms with Gasteiger partial charge in [-0.3, -0.25) is 4.79 Å². The van der Waals surface area contributed by atoms with E-state index < -0.39 is 6.04 Å². The molecule has 0 aliphatic rings. The van der Waals surface area contributed by atoms with Crippen LogP contribution in [0.25, 0.3) is 0 Å². The summed E-state index contributed by atoms with van der Waals surface area (Å²) >= 11 is 0. The number of amides is 1. The number of ether oxygens (including phenoxy) is 3. The number of aliphatic hydroxyl groups excluding tert-OH is 1. The van der Waals surface area contributed by atoms with Crippen LogP contribution >= 0.6 is 0 Å². The summed E-state index contributed by atoms with van der Waals surface area (Å²) in [5.74, 6) is 0.723. The number of carbonyl (C=O) groups is 1. The summed E-state index contributed by atoms with van der Waals surface area (Å²) in [6.45, 7) is -0.0915. The molecule has 6 heteroatoms. The SMILES string of the molecule is COCC(CO)NC(=O)COc1ccccc1OC. The van der Waals surface area contributed by atoms with Crippen LogP contribution in [0, 0.1) is 0 Å². The van der Waals surface area contributed by atoms with Crippen molar-refractivity contribution in [1.29, 1.82) is 0 Å². The third-order valence-electron chi connectivity index (χ3n) is 2.38. The number of benzene rings is 1. The number of aliphatic hydroxyl groups is 1. The fourth-order valence-corrected chi connectivity index (χ4v) is 1.49. The van der Waals surface area contributed by atoms with Crippen molar-refractivity contribution in [3.63, 3.8) is 0 Å². The Hall–Kier alpha value is -1.79. The van der Waals surface area contributed by atoms with Gasteiger partial charge < -0.3 is 24.6 Å². The lowest BCUT2D eigenvalue weighted by Crippen LogP contribution is -2.42. The molecular weight excluding hydrogens is 250 g/mol. The summed E-state index contributed by atoms with van der Waals surface area (Å²) in [7, 11) is 3.03. The van der Waals surface area contributed by atoms with Gasteiger partial charge in [0.1, 0.15) is 0 Å². The van der Waals surface area contributed by atoms with Crippen molar-refractivity contribution in [1.82, 2.24) is 5.32 Å². The number of hydrogen-bond acceptors (Lipinski definition) is 5. The first-order valence-electron chi connectivity index (χ1n) is 5.86. The summed E-state index contributed by atoms with van der Waals surface area (Å²) < 4.78 is 15.3. The Labute approximate surface area is 112 Å².